The lowest BCUT2D eigenvalue weighted by Crippen LogP contribution is -2.02. The normalized spacial score (nSPS) is 11.2. The number of anilines is 2. The van der Waals surface area contributed by atoms with Crippen molar-refractivity contribution in [3.63, 3.8) is 0 Å². The van der Waals surface area contributed by atoms with Crippen molar-refractivity contribution in [1.29, 1.82) is 0 Å². The maximum absolute atomic E-state index is 6.08. The lowest BCUT2D eigenvalue weighted by Gasteiger charge is -2.08. The monoisotopic (exact) mass is 352 g/mol. The fourth-order valence-electron chi connectivity index (χ4n) is 3.02. The first-order valence-electron chi connectivity index (χ1n) is 7.99. The third-order valence-corrected chi connectivity index (χ3v) is 4.62. The molecule has 0 bridgehead atoms. The van der Waals surface area contributed by atoms with Gasteiger partial charge < -0.3 is 14.3 Å². The van der Waals surface area contributed by atoms with E-state index in [0.29, 0.717) is 11.6 Å². The summed E-state index contributed by atoms with van der Waals surface area (Å²) in [7, 11) is 0. The Bertz CT molecular complexity index is 1040. The Balaban J connectivity index is 1.81. The van der Waals surface area contributed by atoms with Crippen LogP contribution in [0.4, 0.5) is 11.5 Å². The van der Waals surface area contributed by atoms with Crippen molar-refractivity contribution in [3.05, 3.63) is 71.0 Å². The molecule has 0 atom stereocenters. The number of hydrogen-bond donors (Lipinski definition) is 1. The van der Waals surface area contributed by atoms with E-state index < -0.39 is 0 Å². The van der Waals surface area contributed by atoms with Crippen molar-refractivity contribution < 1.29 is 4.42 Å². The second-order valence-corrected chi connectivity index (χ2v) is 6.37. The van der Waals surface area contributed by atoms with E-state index in [4.69, 9.17) is 16.0 Å². The zero-order chi connectivity index (χ0) is 17.4. The second-order valence-electron chi connectivity index (χ2n) is 5.93. The number of fused-ring (bicyclic) bond motifs is 1. The number of benzene rings is 1. The van der Waals surface area contributed by atoms with Gasteiger partial charge in [0, 0.05) is 16.4 Å². The van der Waals surface area contributed by atoms with E-state index in [1.54, 1.807) is 12.6 Å². The Morgan fingerprint density at radius 2 is 2.04 bits per heavy atom. The molecular weight excluding hydrogens is 336 g/mol. The maximum Gasteiger partial charge on any atom is 0.146 e. The molecule has 0 aliphatic heterocycles. The lowest BCUT2D eigenvalue weighted by molar-refractivity contribution is 0.494. The van der Waals surface area contributed by atoms with E-state index in [9.17, 15) is 0 Å². The Morgan fingerprint density at radius 1 is 1.16 bits per heavy atom. The van der Waals surface area contributed by atoms with Crippen LogP contribution in [-0.4, -0.2) is 14.5 Å². The lowest BCUT2D eigenvalue weighted by atomic mass is 10.2. The largest absolute Gasteiger partial charge is 0.467 e. The first-order chi connectivity index (χ1) is 12.1. The molecule has 4 rings (SSSR count). The summed E-state index contributed by atoms with van der Waals surface area (Å²) in [5.41, 5.74) is 4.06. The van der Waals surface area contributed by atoms with E-state index in [0.717, 1.165) is 39.6 Å². The first kappa shape index (κ1) is 15.7. The molecule has 1 aromatic carbocycles. The fraction of sp³-hybridized carbons (Fsp3) is 0.158. The summed E-state index contributed by atoms with van der Waals surface area (Å²) in [5, 5.41) is 5.04. The fourth-order valence-corrected chi connectivity index (χ4v) is 3.21. The van der Waals surface area contributed by atoms with Crippen LogP contribution >= 0.6 is 11.6 Å². The zero-order valence-electron chi connectivity index (χ0n) is 14.0. The van der Waals surface area contributed by atoms with Crippen molar-refractivity contribution in [2.24, 2.45) is 0 Å². The second kappa shape index (κ2) is 6.26. The van der Waals surface area contributed by atoms with Crippen molar-refractivity contribution in [2.75, 3.05) is 5.32 Å². The van der Waals surface area contributed by atoms with Gasteiger partial charge in [-0.25, -0.2) is 9.97 Å². The minimum absolute atomic E-state index is 0.636. The summed E-state index contributed by atoms with van der Waals surface area (Å²) < 4.78 is 7.64. The number of nitrogens with one attached hydrogen (secondary N) is 1. The van der Waals surface area contributed by atoms with Gasteiger partial charge in [0.15, 0.2) is 0 Å². The van der Waals surface area contributed by atoms with Crippen LogP contribution in [0.15, 0.2) is 53.4 Å². The molecule has 3 heterocycles. The molecule has 0 spiro atoms. The first-order valence-corrected chi connectivity index (χ1v) is 8.36. The van der Waals surface area contributed by atoms with E-state index in [2.05, 4.69) is 33.7 Å². The van der Waals surface area contributed by atoms with Crippen molar-refractivity contribution in [1.82, 2.24) is 14.5 Å². The van der Waals surface area contributed by atoms with Crippen molar-refractivity contribution >= 4 is 34.1 Å². The topological polar surface area (TPSA) is 55.9 Å². The van der Waals surface area contributed by atoms with Crippen LogP contribution in [0.2, 0.25) is 5.02 Å². The molecule has 0 unspecified atom stereocenters. The van der Waals surface area contributed by atoms with Gasteiger partial charge in [-0.05, 0) is 49.7 Å². The van der Waals surface area contributed by atoms with Crippen LogP contribution < -0.4 is 5.32 Å². The third-order valence-electron chi connectivity index (χ3n) is 4.39. The highest BCUT2D eigenvalue weighted by atomic mass is 35.5. The Kier molecular flexibility index (Phi) is 3.93. The molecule has 0 saturated carbocycles. The zero-order valence-corrected chi connectivity index (χ0v) is 14.7. The average molecular weight is 353 g/mol. The van der Waals surface area contributed by atoms with Crippen LogP contribution in [0, 0.1) is 13.8 Å². The highest BCUT2D eigenvalue weighted by molar-refractivity contribution is 6.30. The molecule has 0 radical (unpaired) electrons. The minimum Gasteiger partial charge on any atom is -0.467 e. The average Bonchev–Trinajstić information content (AvgIpc) is 3.19. The van der Waals surface area contributed by atoms with Crippen molar-refractivity contribution in [2.45, 2.75) is 20.4 Å². The molecule has 0 fully saturated rings. The van der Waals surface area contributed by atoms with Gasteiger partial charge in [0.2, 0.25) is 0 Å². The smallest absolute Gasteiger partial charge is 0.146 e. The Hall–Kier alpha value is -2.79. The standard InChI is InChI=1S/C19H17ClN4O/c1-12-13(2)24(10-16-7-4-8-25-16)19-17(12)18(21-11-22-19)23-15-6-3-5-14(20)9-15/h3-9,11H,10H2,1-2H3,(H,21,22,23). The van der Waals surface area contributed by atoms with Gasteiger partial charge >= 0.3 is 0 Å². The quantitative estimate of drug-likeness (QED) is 0.556. The van der Waals surface area contributed by atoms with Crippen LogP contribution in [0.3, 0.4) is 0 Å². The molecule has 0 amide bonds. The molecule has 4 aromatic rings. The minimum atomic E-state index is 0.636. The number of nitrogens with zero attached hydrogens (tertiary/aromatic N) is 3. The van der Waals surface area contributed by atoms with Crippen molar-refractivity contribution in [3.8, 4) is 0 Å². The molecular formula is C19H17ClN4O. The number of halogens is 1. The van der Waals surface area contributed by atoms with Crippen LogP contribution in [0.5, 0.6) is 0 Å². The summed E-state index contributed by atoms with van der Waals surface area (Å²) in [6.45, 7) is 4.81. The van der Waals surface area contributed by atoms with Crippen LogP contribution in [-0.2, 0) is 6.54 Å². The Labute approximate surface area is 150 Å². The summed E-state index contributed by atoms with van der Waals surface area (Å²) >= 11 is 6.08. The molecule has 0 saturated heterocycles. The molecule has 6 heteroatoms. The predicted molar refractivity (Wildman–Crippen MR) is 99.5 cm³/mol. The summed E-state index contributed by atoms with van der Waals surface area (Å²) in [6.07, 6.45) is 3.26. The van der Waals surface area contributed by atoms with Gasteiger partial charge in [0.05, 0.1) is 18.2 Å². The number of furan rings is 1. The SMILES string of the molecule is Cc1c(C)n(Cc2ccco2)c2ncnc(Nc3cccc(Cl)c3)c12. The summed E-state index contributed by atoms with van der Waals surface area (Å²) in [6, 6.07) is 11.4. The van der Waals surface area contributed by atoms with Gasteiger partial charge in [-0.15, -0.1) is 0 Å². The van der Waals surface area contributed by atoms with E-state index in [-0.39, 0.29) is 0 Å². The summed E-state index contributed by atoms with van der Waals surface area (Å²) in [4.78, 5) is 8.95. The highest BCUT2D eigenvalue weighted by Gasteiger charge is 2.17. The number of rotatable bonds is 4. The molecule has 0 aliphatic rings. The van der Waals surface area contributed by atoms with E-state index in [1.807, 2.05) is 36.4 Å². The van der Waals surface area contributed by atoms with Crippen LogP contribution in [0.25, 0.3) is 11.0 Å². The molecule has 5 nitrogen and oxygen atoms in total. The van der Waals surface area contributed by atoms with Gasteiger partial charge in [-0.2, -0.15) is 0 Å². The molecule has 126 valence electrons. The number of aromatic nitrogens is 3. The van der Waals surface area contributed by atoms with E-state index in [1.165, 1.54) is 0 Å². The number of aryl methyl sites for hydroxylation is 1. The third kappa shape index (κ3) is 2.87. The molecule has 25 heavy (non-hydrogen) atoms. The number of hydrogen-bond acceptors (Lipinski definition) is 4. The van der Waals surface area contributed by atoms with Gasteiger partial charge in [-0.1, -0.05) is 17.7 Å². The summed E-state index contributed by atoms with van der Waals surface area (Å²) in [5.74, 6) is 1.66. The predicted octanol–water partition coefficient (Wildman–Crippen LogP) is 5.09. The van der Waals surface area contributed by atoms with E-state index >= 15 is 0 Å². The molecule has 1 N–H and O–H groups in total. The maximum atomic E-state index is 6.08. The van der Waals surface area contributed by atoms with Gasteiger partial charge in [-0.3, -0.25) is 0 Å². The molecule has 0 aliphatic carbocycles. The Morgan fingerprint density at radius 3 is 2.80 bits per heavy atom. The van der Waals surface area contributed by atoms with Crippen LogP contribution in [0.1, 0.15) is 17.0 Å². The highest BCUT2D eigenvalue weighted by Crippen LogP contribution is 2.31. The molecule has 3 aromatic heterocycles. The van der Waals surface area contributed by atoms with Gasteiger partial charge in [0.25, 0.3) is 0 Å². The van der Waals surface area contributed by atoms with Gasteiger partial charge in [0.1, 0.15) is 23.6 Å².